The Morgan fingerprint density at radius 1 is 1.57 bits per heavy atom. The van der Waals surface area contributed by atoms with Crippen molar-refractivity contribution < 1.29 is 4.79 Å². The highest BCUT2D eigenvalue weighted by atomic mass is 16.2. The molecule has 3 rings (SSSR count). The highest BCUT2D eigenvalue weighted by Crippen LogP contribution is 2.04. The number of carbonyl (C=O) groups is 1. The van der Waals surface area contributed by atoms with Crippen LogP contribution in [0.15, 0.2) is 29.3 Å². The molecule has 1 unspecified atom stereocenters. The summed E-state index contributed by atoms with van der Waals surface area (Å²) in [7, 11) is 0. The Hall–Kier alpha value is -2.21. The lowest BCUT2D eigenvalue weighted by molar-refractivity contribution is 0.0948. The molecule has 2 aromatic rings. The Bertz CT molecular complexity index is 732. The molecule has 6 heteroatoms. The van der Waals surface area contributed by atoms with E-state index >= 15 is 0 Å². The fraction of sp³-hybridized carbons (Fsp3) is 0.400. The molecule has 3 heterocycles. The molecule has 1 saturated heterocycles. The summed E-state index contributed by atoms with van der Waals surface area (Å²) in [6.07, 6.45) is 5.18. The summed E-state index contributed by atoms with van der Waals surface area (Å²) in [5, 5.41) is 6.10. The van der Waals surface area contributed by atoms with Gasteiger partial charge in [-0.3, -0.25) is 14.0 Å². The fourth-order valence-electron chi connectivity index (χ4n) is 2.57. The predicted molar refractivity (Wildman–Crippen MR) is 79.6 cm³/mol. The molecule has 1 aliphatic heterocycles. The number of nitrogens with zero attached hydrogens (tertiary/aromatic N) is 2. The van der Waals surface area contributed by atoms with Gasteiger partial charge in [-0.05, 0) is 44.0 Å². The minimum Gasteiger partial charge on any atom is -0.350 e. The van der Waals surface area contributed by atoms with Gasteiger partial charge in [0.15, 0.2) is 0 Å². The number of amides is 1. The largest absolute Gasteiger partial charge is 0.350 e. The molecule has 2 aromatic heterocycles. The SMILES string of the molecule is Cc1ccn2c(=O)c(C(=O)NCC3CCCN3)cnc2c1. The van der Waals surface area contributed by atoms with Gasteiger partial charge in [-0.15, -0.1) is 0 Å². The van der Waals surface area contributed by atoms with Crippen molar-refractivity contribution in [3.63, 3.8) is 0 Å². The van der Waals surface area contributed by atoms with Crippen molar-refractivity contribution in [1.29, 1.82) is 0 Å². The van der Waals surface area contributed by atoms with Crippen molar-refractivity contribution in [3.05, 3.63) is 46.0 Å². The zero-order valence-electron chi connectivity index (χ0n) is 11.9. The summed E-state index contributed by atoms with van der Waals surface area (Å²) in [5.41, 5.74) is 1.31. The van der Waals surface area contributed by atoms with E-state index in [0.29, 0.717) is 18.2 Å². The van der Waals surface area contributed by atoms with Gasteiger partial charge < -0.3 is 10.6 Å². The van der Waals surface area contributed by atoms with Crippen LogP contribution in [0.4, 0.5) is 0 Å². The summed E-state index contributed by atoms with van der Waals surface area (Å²) in [6, 6.07) is 3.93. The minimum atomic E-state index is -0.365. The van der Waals surface area contributed by atoms with Gasteiger partial charge in [0.2, 0.25) is 0 Å². The molecule has 0 radical (unpaired) electrons. The molecular formula is C15H18N4O2. The molecule has 1 fully saturated rings. The molecule has 1 aliphatic rings. The molecular weight excluding hydrogens is 268 g/mol. The number of hydrogen-bond donors (Lipinski definition) is 2. The van der Waals surface area contributed by atoms with Gasteiger partial charge in [0.25, 0.3) is 11.5 Å². The van der Waals surface area contributed by atoms with Gasteiger partial charge >= 0.3 is 0 Å². The van der Waals surface area contributed by atoms with Crippen LogP contribution in [0.2, 0.25) is 0 Å². The average molecular weight is 286 g/mol. The molecule has 6 nitrogen and oxygen atoms in total. The molecule has 1 atom stereocenters. The van der Waals surface area contributed by atoms with Crippen LogP contribution in [0.5, 0.6) is 0 Å². The molecule has 0 aliphatic carbocycles. The van der Waals surface area contributed by atoms with E-state index < -0.39 is 0 Å². The van der Waals surface area contributed by atoms with E-state index in [1.165, 1.54) is 10.6 Å². The van der Waals surface area contributed by atoms with E-state index in [1.807, 2.05) is 19.1 Å². The van der Waals surface area contributed by atoms with Crippen molar-refractivity contribution in [2.24, 2.45) is 0 Å². The molecule has 110 valence electrons. The lowest BCUT2D eigenvalue weighted by Crippen LogP contribution is -2.39. The van der Waals surface area contributed by atoms with Crippen LogP contribution in [-0.4, -0.2) is 34.4 Å². The van der Waals surface area contributed by atoms with Gasteiger partial charge in [-0.1, -0.05) is 0 Å². The van der Waals surface area contributed by atoms with Crippen LogP contribution >= 0.6 is 0 Å². The van der Waals surface area contributed by atoms with Gasteiger partial charge in [-0.2, -0.15) is 0 Å². The van der Waals surface area contributed by atoms with Crippen molar-refractivity contribution >= 4 is 11.6 Å². The Morgan fingerprint density at radius 3 is 3.19 bits per heavy atom. The third-order valence-electron chi connectivity index (χ3n) is 3.78. The average Bonchev–Trinajstić information content (AvgIpc) is 2.98. The van der Waals surface area contributed by atoms with E-state index in [9.17, 15) is 9.59 Å². The summed E-state index contributed by atoms with van der Waals surface area (Å²) in [6.45, 7) is 3.45. The number of carbonyl (C=O) groups excluding carboxylic acids is 1. The van der Waals surface area contributed by atoms with Crippen LogP contribution in [-0.2, 0) is 0 Å². The summed E-state index contributed by atoms with van der Waals surface area (Å²) in [5.74, 6) is -0.365. The van der Waals surface area contributed by atoms with Crippen molar-refractivity contribution in [1.82, 2.24) is 20.0 Å². The van der Waals surface area contributed by atoms with Crippen molar-refractivity contribution in [2.75, 3.05) is 13.1 Å². The lowest BCUT2D eigenvalue weighted by atomic mass is 10.2. The van der Waals surface area contributed by atoms with Crippen LogP contribution < -0.4 is 16.2 Å². The highest BCUT2D eigenvalue weighted by molar-refractivity contribution is 5.93. The van der Waals surface area contributed by atoms with Gasteiger partial charge in [0.1, 0.15) is 11.2 Å². The molecule has 0 saturated carbocycles. The Labute approximate surface area is 122 Å². The van der Waals surface area contributed by atoms with Crippen LogP contribution in [0.3, 0.4) is 0 Å². The quantitative estimate of drug-likeness (QED) is 0.861. The zero-order valence-corrected chi connectivity index (χ0v) is 11.9. The molecule has 0 bridgehead atoms. The maximum atomic E-state index is 12.3. The minimum absolute atomic E-state index is 0.0781. The molecule has 0 spiro atoms. The second-order valence-corrected chi connectivity index (χ2v) is 5.41. The smallest absolute Gasteiger partial charge is 0.270 e. The van der Waals surface area contributed by atoms with Gasteiger partial charge in [0, 0.05) is 25.0 Å². The molecule has 2 N–H and O–H groups in total. The van der Waals surface area contributed by atoms with E-state index in [2.05, 4.69) is 15.6 Å². The predicted octanol–water partition coefficient (Wildman–Crippen LogP) is 0.485. The number of aryl methyl sites for hydroxylation is 1. The lowest BCUT2D eigenvalue weighted by Gasteiger charge is -2.11. The number of aromatic nitrogens is 2. The summed E-state index contributed by atoms with van der Waals surface area (Å²) < 4.78 is 1.40. The summed E-state index contributed by atoms with van der Waals surface area (Å²) in [4.78, 5) is 28.7. The van der Waals surface area contributed by atoms with E-state index in [1.54, 1.807) is 6.20 Å². The first kappa shape index (κ1) is 13.8. The third-order valence-corrected chi connectivity index (χ3v) is 3.78. The van der Waals surface area contributed by atoms with Gasteiger partial charge in [-0.25, -0.2) is 4.98 Å². The number of fused-ring (bicyclic) bond motifs is 1. The Balaban J connectivity index is 1.82. The maximum Gasteiger partial charge on any atom is 0.270 e. The monoisotopic (exact) mass is 286 g/mol. The van der Waals surface area contributed by atoms with E-state index in [-0.39, 0.29) is 17.0 Å². The number of rotatable bonds is 3. The number of hydrogen-bond acceptors (Lipinski definition) is 4. The zero-order chi connectivity index (χ0) is 14.8. The normalized spacial score (nSPS) is 18.0. The molecule has 21 heavy (non-hydrogen) atoms. The first-order valence-electron chi connectivity index (χ1n) is 7.15. The van der Waals surface area contributed by atoms with Crippen molar-refractivity contribution in [2.45, 2.75) is 25.8 Å². The maximum absolute atomic E-state index is 12.3. The standard InChI is InChI=1S/C15H18N4O2/c1-10-4-6-19-13(7-10)17-9-12(15(19)21)14(20)18-8-11-3-2-5-16-11/h4,6-7,9,11,16H,2-3,5,8H2,1H3,(H,18,20). The number of nitrogens with one attached hydrogen (secondary N) is 2. The first-order chi connectivity index (χ1) is 10.1. The fourth-order valence-corrected chi connectivity index (χ4v) is 2.57. The van der Waals surface area contributed by atoms with E-state index in [4.69, 9.17) is 0 Å². The number of pyridine rings is 1. The Morgan fingerprint density at radius 2 is 2.43 bits per heavy atom. The second-order valence-electron chi connectivity index (χ2n) is 5.41. The van der Waals surface area contributed by atoms with Crippen LogP contribution in [0, 0.1) is 6.92 Å². The third kappa shape index (κ3) is 2.80. The van der Waals surface area contributed by atoms with Gasteiger partial charge in [0.05, 0.1) is 0 Å². The van der Waals surface area contributed by atoms with Crippen LogP contribution in [0.1, 0.15) is 28.8 Å². The molecule has 0 aromatic carbocycles. The summed E-state index contributed by atoms with van der Waals surface area (Å²) >= 11 is 0. The van der Waals surface area contributed by atoms with Crippen molar-refractivity contribution in [3.8, 4) is 0 Å². The Kier molecular flexibility index (Phi) is 3.70. The first-order valence-corrected chi connectivity index (χ1v) is 7.15. The topological polar surface area (TPSA) is 75.5 Å². The van der Waals surface area contributed by atoms with E-state index in [0.717, 1.165) is 24.9 Å². The van der Waals surface area contributed by atoms with Crippen LogP contribution in [0.25, 0.3) is 5.65 Å². The molecule has 1 amide bonds. The highest BCUT2D eigenvalue weighted by Gasteiger charge is 2.17. The second kappa shape index (κ2) is 5.65.